The van der Waals surface area contributed by atoms with Gasteiger partial charge in [-0.25, -0.2) is 9.78 Å². The summed E-state index contributed by atoms with van der Waals surface area (Å²) in [6.45, 7) is 6.41. The molecule has 0 saturated heterocycles. The lowest BCUT2D eigenvalue weighted by Crippen LogP contribution is -2.14. The summed E-state index contributed by atoms with van der Waals surface area (Å²) in [5.74, 6) is -0.476. The molecule has 0 aliphatic carbocycles. The number of ether oxygens (including phenoxy) is 1. The molecule has 146 valence electrons. The second-order valence-electron chi connectivity index (χ2n) is 6.46. The van der Waals surface area contributed by atoms with E-state index in [2.05, 4.69) is 24.1 Å². The van der Waals surface area contributed by atoms with Crippen molar-refractivity contribution in [2.24, 2.45) is 0 Å². The van der Waals surface area contributed by atoms with Crippen molar-refractivity contribution in [3.8, 4) is 0 Å². The van der Waals surface area contributed by atoms with Gasteiger partial charge in [0.25, 0.3) is 0 Å². The first-order valence-corrected chi connectivity index (χ1v) is 10.8. The van der Waals surface area contributed by atoms with Crippen LogP contribution in [-0.2, 0) is 16.0 Å². The highest BCUT2D eigenvalue weighted by molar-refractivity contribution is 7.99. The van der Waals surface area contributed by atoms with E-state index in [-0.39, 0.29) is 18.3 Å². The van der Waals surface area contributed by atoms with Crippen LogP contribution in [0.1, 0.15) is 36.7 Å². The molecular weight excluding hydrogens is 392 g/mol. The Morgan fingerprint density at radius 2 is 1.93 bits per heavy atom. The first-order chi connectivity index (χ1) is 13.4. The Kier molecular flexibility index (Phi) is 6.70. The lowest BCUT2D eigenvalue weighted by molar-refractivity contribution is -0.115. The summed E-state index contributed by atoms with van der Waals surface area (Å²) < 4.78 is 5.85. The SMILES string of the molecule is CCOC(=O)c1ccc2nc(NC(=O)Cc3ccc(SC(C)C)cc3)sc2c1. The third-order valence-corrected chi connectivity index (χ3v) is 5.76. The summed E-state index contributed by atoms with van der Waals surface area (Å²) in [7, 11) is 0. The molecule has 1 heterocycles. The van der Waals surface area contributed by atoms with E-state index < -0.39 is 0 Å². The minimum atomic E-state index is -0.359. The minimum absolute atomic E-state index is 0.117. The Morgan fingerprint density at radius 3 is 2.61 bits per heavy atom. The summed E-state index contributed by atoms with van der Waals surface area (Å²) in [6.07, 6.45) is 0.288. The highest BCUT2D eigenvalue weighted by Crippen LogP contribution is 2.27. The van der Waals surface area contributed by atoms with Crippen LogP contribution in [0.15, 0.2) is 47.4 Å². The fourth-order valence-electron chi connectivity index (χ4n) is 2.63. The summed E-state index contributed by atoms with van der Waals surface area (Å²) in [4.78, 5) is 29.8. The van der Waals surface area contributed by atoms with Crippen molar-refractivity contribution < 1.29 is 14.3 Å². The van der Waals surface area contributed by atoms with Gasteiger partial charge < -0.3 is 10.1 Å². The molecule has 0 fully saturated rings. The van der Waals surface area contributed by atoms with E-state index in [9.17, 15) is 9.59 Å². The first-order valence-electron chi connectivity index (χ1n) is 9.07. The molecule has 0 saturated carbocycles. The van der Waals surface area contributed by atoms with Gasteiger partial charge in [0.2, 0.25) is 5.91 Å². The molecule has 5 nitrogen and oxygen atoms in total. The molecular formula is C21H22N2O3S2. The van der Waals surface area contributed by atoms with Gasteiger partial charge in [0.15, 0.2) is 5.13 Å². The van der Waals surface area contributed by atoms with Crippen molar-refractivity contribution in [3.63, 3.8) is 0 Å². The first kappa shape index (κ1) is 20.4. The molecule has 1 aromatic heterocycles. The number of nitrogens with zero attached hydrogens (tertiary/aromatic N) is 1. The highest BCUT2D eigenvalue weighted by atomic mass is 32.2. The number of carbonyl (C=O) groups is 2. The second kappa shape index (κ2) is 9.21. The zero-order valence-corrected chi connectivity index (χ0v) is 17.7. The molecule has 0 radical (unpaired) electrons. The number of hydrogen-bond donors (Lipinski definition) is 1. The summed E-state index contributed by atoms with van der Waals surface area (Å²) in [5.41, 5.74) is 2.18. The molecule has 2 aromatic carbocycles. The Hall–Kier alpha value is -2.38. The lowest BCUT2D eigenvalue weighted by atomic mass is 10.1. The third-order valence-electron chi connectivity index (χ3n) is 3.81. The quantitative estimate of drug-likeness (QED) is 0.427. The van der Waals surface area contributed by atoms with E-state index >= 15 is 0 Å². The van der Waals surface area contributed by atoms with Gasteiger partial charge >= 0.3 is 5.97 Å². The highest BCUT2D eigenvalue weighted by Gasteiger charge is 2.12. The fourth-order valence-corrected chi connectivity index (χ4v) is 4.39. The number of esters is 1. The number of fused-ring (bicyclic) bond motifs is 1. The number of aromatic nitrogens is 1. The molecule has 1 N–H and O–H groups in total. The predicted octanol–water partition coefficient (Wildman–Crippen LogP) is 5.15. The van der Waals surface area contributed by atoms with Crippen molar-refractivity contribution in [1.82, 2.24) is 4.98 Å². The van der Waals surface area contributed by atoms with Crippen molar-refractivity contribution in [2.75, 3.05) is 11.9 Å². The van der Waals surface area contributed by atoms with Gasteiger partial charge in [-0.3, -0.25) is 4.79 Å². The van der Waals surface area contributed by atoms with E-state index in [0.29, 0.717) is 22.6 Å². The lowest BCUT2D eigenvalue weighted by Gasteiger charge is -2.06. The maximum absolute atomic E-state index is 12.4. The van der Waals surface area contributed by atoms with Crippen LogP contribution in [0.25, 0.3) is 10.2 Å². The average Bonchev–Trinajstić information content (AvgIpc) is 3.04. The number of thioether (sulfide) groups is 1. The van der Waals surface area contributed by atoms with Gasteiger partial charge in [0.1, 0.15) is 0 Å². The van der Waals surface area contributed by atoms with E-state index in [4.69, 9.17) is 4.74 Å². The van der Waals surface area contributed by atoms with E-state index in [1.807, 2.05) is 24.3 Å². The minimum Gasteiger partial charge on any atom is -0.462 e. The molecule has 7 heteroatoms. The van der Waals surface area contributed by atoms with Crippen LogP contribution in [0.5, 0.6) is 0 Å². The number of hydrogen-bond acceptors (Lipinski definition) is 6. The largest absolute Gasteiger partial charge is 0.462 e. The zero-order valence-electron chi connectivity index (χ0n) is 16.0. The van der Waals surface area contributed by atoms with Crippen LogP contribution < -0.4 is 5.32 Å². The molecule has 0 aliphatic rings. The zero-order chi connectivity index (χ0) is 20.1. The van der Waals surface area contributed by atoms with Gasteiger partial charge in [-0.15, -0.1) is 11.8 Å². The molecule has 0 bridgehead atoms. The van der Waals surface area contributed by atoms with Crippen LogP contribution in [0.3, 0.4) is 0 Å². The standard InChI is InChI=1S/C21H22N2O3S2/c1-4-26-20(25)15-7-10-17-18(12-15)28-21(22-17)23-19(24)11-14-5-8-16(9-6-14)27-13(2)3/h5-10,12-13H,4,11H2,1-3H3,(H,22,23,24). The van der Waals surface area contributed by atoms with Crippen molar-refractivity contribution in [3.05, 3.63) is 53.6 Å². The van der Waals surface area contributed by atoms with Crippen molar-refractivity contribution >= 4 is 50.3 Å². The summed E-state index contributed by atoms with van der Waals surface area (Å²) >= 11 is 3.14. The summed E-state index contributed by atoms with van der Waals surface area (Å²) in [5, 5.41) is 3.89. The molecule has 28 heavy (non-hydrogen) atoms. The van der Waals surface area contributed by atoms with Crippen molar-refractivity contribution in [2.45, 2.75) is 37.3 Å². The van der Waals surface area contributed by atoms with Gasteiger partial charge in [-0.2, -0.15) is 0 Å². The maximum Gasteiger partial charge on any atom is 0.338 e. The monoisotopic (exact) mass is 414 g/mol. The van der Waals surface area contributed by atoms with Gasteiger partial charge in [0, 0.05) is 10.1 Å². The Morgan fingerprint density at radius 1 is 1.18 bits per heavy atom. The van der Waals surface area contributed by atoms with Gasteiger partial charge in [0.05, 0.1) is 28.8 Å². The van der Waals surface area contributed by atoms with Crippen LogP contribution in [0, 0.1) is 0 Å². The number of nitrogens with one attached hydrogen (secondary N) is 1. The number of rotatable bonds is 7. The predicted molar refractivity (Wildman–Crippen MR) is 115 cm³/mol. The normalized spacial score (nSPS) is 11.0. The van der Waals surface area contributed by atoms with Crippen LogP contribution >= 0.6 is 23.1 Å². The van der Waals surface area contributed by atoms with Crippen molar-refractivity contribution in [1.29, 1.82) is 0 Å². The fraction of sp³-hybridized carbons (Fsp3) is 0.286. The Labute approximate surface area is 172 Å². The Bertz CT molecular complexity index is 981. The Balaban J connectivity index is 1.65. The number of amides is 1. The molecule has 0 spiro atoms. The van der Waals surface area contributed by atoms with Crippen LogP contribution in [0.2, 0.25) is 0 Å². The number of benzene rings is 2. The van der Waals surface area contributed by atoms with E-state index in [1.165, 1.54) is 16.2 Å². The molecule has 3 aromatic rings. The smallest absolute Gasteiger partial charge is 0.338 e. The number of anilines is 1. The number of thiazole rings is 1. The molecule has 0 atom stereocenters. The average molecular weight is 415 g/mol. The maximum atomic E-state index is 12.4. The molecule has 3 rings (SSSR count). The molecule has 1 amide bonds. The van der Waals surface area contributed by atoms with Crippen LogP contribution in [0.4, 0.5) is 5.13 Å². The van der Waals surface area contributed by atoms with Gasteiger partial charge in [-0.05, 0) is 42.8 Å². The molecule has 0 unspecified atom stereocenters. The number of carbonyl (C=O) groups excluding carboxylic acids is 2. The van der Waals surface area contributed by atoms with Crippen LogP contribution in [-0.4, -0.2) is 28.7 Å². The van der Waals surface area contributed by atoms with E-state index in [1.54, 1.807) is 36.9 Å². The van der Waals surface area contributed by atoms with Gasteiger partial charge in [-0.1, -0.05) is 37.3 Å². The third kappa shape index (κ3) is 5.33. The second-order valence-corrected chi connectivity index (χ2v) is 9.14. The summed E-state index contributed by atoms with van der Waals surface area (Å²) in [6, 6.07) is 13.2. The van der Waals surface area contributed by atoms with E-state index in [0.717, 1.165) is 15.8 Å². The topological polar surface area (TPSA) is 68.3 Å². The molecule has 0 aliphatic heterocycles.